The molecule has 0 bridgehead atoms. The van der Waals surface area contributed by atoms with Crippen LogP contribution in [0.15, 0.2) is 61.1 Å². The van der Waals surface area contributed by atoms with Crippen LogP contribution in [0.3, 0.4) is 0 Å². The monoisotopic (exact) mass is 339 g/mol. The number of amides is 1. The predicted molar refractivity (Wildman–Crippen MR) is 91.4 cm³/mol. The van der Waals surface area contributed by atoms with Crippen molar-refractivity contribution in [3.05, 3.63) is 83.0 Å². The van der Waals surface area contributed by atoms with Gasteiger partial charge in [-0.1, -0.05) is 29.8 Å². The summed E-state index contributed by atoms with van der Waals surface area (Å²) in [6.45, 7) is 0. The molecule has 3 N–H and O–H groups in total. The second-order valence-electron chi connectivity index (χ2n) is 5.01. The highest BCUT2D eigenvalue weighted by molar-refractivity contribution is 6.30. The summed E-state index contributed by atoms with van der Waals surface area (Å²) >= 11 is 6.08. The third kappa shape index (κ3) is 3.49. The molecule has 0 aliphatic carbocycles. The summed E-state index contributed by atoms with van der Waals surface area (Å²) in [5.74, 6) is -0.364. The maximum absolute atomic E-state index is 12.6. The number of hydrogen-bond acceptors (Lipinski definition) is 5. The van der Waals surface area contributed by atoms with E-state index in [0.717, 1.165) is 5.56 Å². The van der Waals surface area contributed by atoms with Gasteiger partial charge in [-0.3, -0.25) is 9.78 Å². The van der Waals surface area contributed by atoms with E-state index in [4.69, 9.17) is 17.3 Å². The zero-order valence-electron chi connectivity index (χ0n) is 12.6. The van der Waals surface area contributed by atoms with Crippen molar-refractivity contribution in [2.75, 3.05) is 5.73 Å². The lowest BCUT2D eigenvalue weighted by atomic mass is 10.0. The van der Waals surface area contributed by atoms with Crippen LogP contribution in [0.2, 0.25) is 5.02 Å². The molecule has 3 aromatic rings. The first kappa shape index (κ1) is 15.9. The lowest BCUT2D eigenvalue weighted by molar-refractivity contribution is 0.0938. The number of benzene rings is 1. The lowest BCUT2D eigenvalue weighted by Crippen LogP contribution is -2.31. The first-order valence-corrected chi connectivity index (χ1v) is 7.56. The van der Waals surface area contributed by atoms with Crippen molar-refractivity contribution in [2.24, 2.45) is 0 Å². The molecule has 6 nitrogen and oxygen atoms in total. The maximum atomic E-state index is 12.6. The Hall–Kier alpha value is -2.99. The van der Waals surface area contributed by atoms with Crippen LogP contribution in [0.1, 0.15) is 27.8 Å². The largest absolute Gasteiger partial charge is 0.382 e. The van der Waals surface area contributed by atoms with E-state index in [0.29, 0.717) is 10.7 Å². The predicted octanol–water partition coefficient (Wildman–Crippen LogP) is 2.63. The van der Waals surface area contributed by atoms with E-state index in [9.17, 15) is 4.79 Å². The summed E-state index contributed by atoms with van der Waals surface area (Å²) in [5.41, 5.74) is 7.28. The number of rotatable bonds is 4. The minimum absolute atomic E-state index is 0.0699. The zero-order valence-corrected chi connectivity index (χ0v) is 13.3. The molecule has 0 saturated carbocycles. The van der Waals surface area contributed by atoms with Gasteiger partial charge in [0.15, 0.2) is 11.5 Å². The molecule has 1 atom stereocenters. The summed E-state index contributed by atoms with van der Waals surface area (Å²) in [4.78, 5) is 24.8. The van der Waals surface area contributed by atoms with Gasteiger partial charge in [-0.25, -0.2) is 9.97 Å². The number of carbonyl (C=O) groups excluding carboxylic acids is 1. The van der Waals surface area contributed by atoms with Gasteiger partial charge in [0.25, 0.3) is 5.91 Å². The minimum atomic E-state index is -0.487. The average molecular weight is 340 g/mol. The van der Waals surface area contributed by atoms with E-state index in [2.05, 4.69) is 20.3 Å². The van der Waals surface area contributed by atoms with Crippen LogP contribution in [-0.4, -0.2) is 20.9 Å². The molecule has 24 heavy (non-hydrogen) atoms. The van der Waals surface area contributed by atoms with Crippen LogP contribution in [0, 0.1) is 0 Å². The average Bonchev–Trinajstić information content (AvgIpc) is 2.60. The number of pyridine rings is 1. The molecule has 0 unspecified atom stereocenters. The topological polar surface area (TPSA) is 93.8 Å². The van der Waals surface area contributed by atoms with Gasteiger partial charge in [-0.2, -0.15) is 0 Å². The fraction of sp³-hybridized carbons (Fsp3) is 0.0588. The van der Waals surface area contributed by atoms with Crippen molar-refractivity contribution in [2.45, 2.75) is 6.04 Å². The Morgan fingerprint density at radius 1 is 1.04 bits per heavy atom. The Labute approximate surface area is 143 Å². The van der Waals surface area contributed by atoms with Crippen LogP contribution < -0.4 is 11.1 Å². The number of anilines is 1. The fourth-order valence-corrected chi connectivity index (χ4v) is 2.48. The van der Waals surface area contributed by atoms with Crippen molar-refractivity contribution in [3.63, 3.8) is 0 Å². The van der Waals surface area contributed by atoms with Gasteiger partial charge in [0.05, 0.1) is 11.7 Å². The molecule has 1 amide bonds. The van der Waals surface area contributed by atoms with Gasteiger partial charge >= 0.3 is 0 Å². The van der Waals surface area contributed by atoms with Crippen molar-refractivity contribution >= 4 is 23.3 Å². The molecule has 0 saturated heterocycles. The second kappa shape index (κ2) is 7.06. The standard InChI is InChI=1S/C17H14ClN5O/c18-12-5-3-4-11(10-12)14(13-6-1-2-7-20-13)23-17(24)15-16(19)22-9-8-21-15/h1-10,14H,(H2,19,22)(H,23,24)/t14-/m0/s1. The first-order valence-electron chi connectivity index (χ1n) is 7.19. The first-order chi connectivity index (χ1) is 11.6. The summed E-state index contributed by atoms with van der Waals surface area (Å²) in [7, 11) is 0. The SMILES string of the molecule is Nc1nccnc1C(=O)N[C@@H](c1cccc(Cl)c1)c1ccccn1. The number of carbonyl (C=O) groups is 1. The van der Waals surface area contributed by atoms with Crippen molar-refractivity contribution in [1.29, 1.82) is 0 Å². The molecular formula is C17H14ClN5O. The number of nitrogens with one attached hydrogen (secondary N) is 1. The highest BCUT2D eigenvalue weighted by atomic mass is 35.5. The quantitative estimate of drug-likeness (QED) is 0.762. The normalized spacial score (nSPS) is 11.7. The summed E-state index contributed by atoms with van der Waals surface area (Å²) < 4.78 is 0. The van der Waals surface area contributed by atoms with E-state index in [1.54, 1.807) is 24.4 Å². The molecule has 120 valence electrons. The molecule has 0 radical (unpaired) electrons. The molecule has 0 spiro atoms. The van der Waals surface area contributed by atoms with Crippen molar-refractivity contribution < 1.29 is 4.79 Å². The molecule has 1 aromatic carbocycles. The van der Waals surface area contributed by atoms with Gasteiger partial charge in [0.2, 0.25) is 0 Å². The Balaban J connectivity index is 1.97. The molecule has 0 aliphatic heterocycles. The van der Waals surface area contributed by atoms with Crippen LogP contribution in [0.5, 0.6) is 0 Å². The maximum Gasteiger partial charge on any atom is 0.274 e. The second-order valence-corrected chi connectivity index (χ2v) is 5.44. The molecule has 0 fully saturated rings. The number of halogens is 1. The summed E-state index contributed by atoms with van der Waals surface area (Å²) in [5, 5.41) is 3.46. The van der Waals surface area contributed by atoms with Crippen LogP contribution in [0.4, 0.5) is 5.82 Å². The molecule has 0 aliphatic rings. The van der Waals surface area contributed by atoms with Crippen LogP contribution in [0.25, 0.3) is 0 Å². The Morgan fingerprint density at radius 2 is 1.88 bits per heavy atom. The Bertz CT molecular complexity index is 856. The highest BCUT2D eigenvalue weighted by Crippen LogP contribution is 2.23. The highest BCUT2D eigenvalue weighted by Gasteiger charge is 2.21. The Kier molecular flexibility index (Phi) is 4.67. The molecule has 3 rings (SSSR count). The van der Waals surface area contributed by atoms with Crippen LogP contribution in [-0.2, 0) is 0 Å². The van der Waals surface area contributed by atoms with Gasteiger partial charge in [-0.05, 0) is 29.8 Å². The van der Waals surface area contributed by atoms with E-state index in [1.807, 2.05) is 24.3 Å². The van der Waals surface area contributed by atoms with E-state index in [-0.39, 0.29) is 11.5 Å². The van der Waals surface area contributed by atoms with Gasteiger partial charge < -0.3 is 11.1 Å². The summed E-state index contributed by atoms with van der Waals surface area (Å²) in [6, 6.07) is 12.2. The van der Waals surface area contributed by atoms with E-state index in [1.165, 1.54) is 12.4 Å². The molecule has 2 aromatic heterocycles. The number of nitrogens with two attached hydrogens (primary N) is 1. The number of hydrogen-bond donors (Lipinski definition) is 2. The van der Waals surface area contributed by atoms with Crippen molar-refractivity contribution in [1.82, 2.24) is 20.3 Å². The van der Waals surface area contributed by atoms with Gasteiger partial charge in [0.1, 0.15) is 0 Å². The number of aromatic nitrogens is 3. The minimum Gasteiger partial charge on any atom is -0.382 e. The van der Waals surface area contributed by atoms with Crippen LogP contribution >= 0.6 is 11.6 Å². The molecule has 2 heterocycles. The number of nitrogen functional groups attached to an aromatic ring is 1. The smallest absolute Gasteiger partial charge is 0.274 e. The lowest BCUT2D eigenvalue weighted by Gasteiger charge is -2.19. The Morgan fingerprint density at radius 3 is 2.58 bits per heavy atom. The molecule has 7 heteroatoms. The fourth-order valence-electron chi connectivity index (χ4n) is 2.28. The zero-order chi connectivity index (χ0) is 16.9. The van der Waals surface area contributed by atoms with Gasteiger partial charge in [0, 0.05) is 23.6 Å². The third-order valence-corrected chi connectivity index (χ3v) is 3.62. The summed E-state index contributed by atoms with van der Waals surface area (Å²) in [6.07, 6.45) is 4.51. The van der Waals surface area contributed by atoms with Crippen molar-refractivity contribution in [3.8, 4) is 0 Å². The van der Waals surface area contributed by atoms with E-state index >= 15 is 0 Å². The number of nitrogens with zero attached hydrogens (tertiary/aromatic N) is 3. The molecular weight excluding hydrogens is 326 g/mol. The van der Waals surface area contributed by atoms with E-state index < -0.39 is 11.9 Å². The third-order valence-electron chi connectivity index (χ3n) is 3.38. The van der Waals surface area contributed by atoms with Gasteiger partial charge in [-0.15, -0.1) is 0 Å².